The van der Waals surface area contributed by atoms with Crippen LogP contribution in [0.3, 0.4) is 0 Å². The number of nitrogens with one attached hydrogen (secondary N) is 2. The Morgan fingerprint density at radius 1 is 1.57 bits per heavy atom. The predicted octanol–water partition coefficient (Wildman–Crippen LogP) is 0.689. The molecule has 0 aliphatic carbocycles. The van der Waals surface area contributed by atoms with Gasteiger partial charge in [-0.15, -0.1) is 0 Å². The van der Waals surface area contributed by atoms with Crippen molar-refractivity contribution in [2.45, 2.75) is 6.04 Å². The number of aromatic nitrogens is 1. The molecule has 2 rings (SSSR count). The number of morpholine rings is 1. The quantitative estimate of drug-likeness (QED) is 0.723. The van der Waals surface area contributed by atoms with Gasteiger partial charge in [-0.25, -0.2) is 0 Å². The van der Waals surface area contributed by atoms with Crippen LogP contribution in [0, 0.1) is 0 Å². The van der Waals surface area contributed by atoms with Crippen LogP contribution in [0.2, 0.25) is 5.02 Å². The Kier molecular flexibility index (Phi) is 2.86. The van der Waals surface area contributed by atoms with Gasteiger partial charge in [-0.1, -0.05) is 11.6 Å². The van der Waals surface area contributed by atoms with Crippen LogP contribution in [0.5, 0.6) is 0 Å². The smallest absolute Gasteiger partial charge is 0.252 e. The van der Waals surface area contributed by atoms with Gasteiger partial charge in [0.1, 0.15) is 0 Å². The molecular weight excluding hydrogens is 204 g/mol. The van der Waals surface area contributed by atoms with Gasteiger partial charge in [0, 0.05) is 18.3 Å². The fourth-order valence-electron chi connectivity index (χ4n) is 1.50. The first kappa shape index (κ1) is 9.71. The zero-order valence-corrected chi connectivity index (χ0v) is 8.30. The molecule has 0 saturated carbocycles. The van der Waals surface area contributed by atoms with Crippen LogP contribution in [-0.4, -0.2) is 24.7 Å². The molecular formula is C9H11ClN2O2. The summed E-state index contributed by atoms with van der Waals surface area (Å²) < 4.78 is 5.27. The normalized spacial score (nSPS) is 22.2. The van der Waals surface area contributed by atoms with Crippen molar-refractivity contribution in [3.63, 3.8) is 0 Å². The molecule has 5 heteroatoms. The average Bonchev–Trinajstić information content (AvgIpc) is 2.23. The largest absolute Gasteiger partial charge is 0.378 e. The van der Waals surface area contributed by atoms with Crippen molar-refractivity contribution < 1.29 is 4.74 Å². The fourth-order valence-corrected chi connectivity index (χ4v) is 1.67. The van der Waals surface area contributed by atoms with Crippen LogP contribution < -0.4 is 10.9 Å². The molecule has 1 fully saturated rings. The van der Waals surface area contributed by atoms with Gasteiger partial charge in [0.2, 0.25) is 0 Å². The summed E-state index contributed by atoms with van der Waals surface area (Å²) in [6.07, 6.45) is 1.48. The number of hydrogen-bond acceptors (Lipinski definition) is 3. The van der Waals surface area contributed by atoms with E-state index in [0.717, 1.165) is 6.54 Å². The molecule has 0 unspecified atom stereocenters. The van der Waals surface area contributed by atoms with Crippen molar-refractivity contribution in [1.29, 1.82) is 0 Å². The van der Waals surface area contributed by atoms with E-state index in [1.54, 1.807) is 6.07 Å². The number of ether oxygens (including phenoxy) is 1. The van der Waals surface area contributed by atoms with E-state index in [1.807, 2.05) is 0 Å². The van der Waals surface area contributed by atoms with Crippen molar-refractivity contribution in [3.8, 4) is 0 Å². The molecule has 4 nitrogen and oxygen atoms in total. The third-order valence-electron chi connectivity index (χ3n) is 2.19. The third-order valence-corrected chi connectivity index (χ3v) is 2.41. The third kappa shape index (κ3) is 1.97. The second-order valence-corrected chi connectivity index (χ2v) is 3.62. The number of hydrogen-bond donors (Lipinski definition) is 2. The molecule has 0 spiro atoms. The Labute approximate surface area is 86.2 Å². The van der Waals surface area contributed by atoms with Crippen LogP contribution >= 0.6 is 11.6 Å². The zero-order chi connectivity index (χ0) is 9.97. The Morgan fingerprint density at radius 3 is 3.14 bits per heavy atom. The summed E-state index contributed by atoms with van der Waals surface area (Å²) in [6.45, 7) is 1.97. The lowest BCUT2D eigenvalue weighted by Crippen LogP contribution is -2.37. The Morgan fingerprint density at radius 2 is 2.43 bits per heavy atom. The molecule has 2 heterocycles. The first-order chi connectivity index (χ1) is 6.77. The maximum atomic E-state index is 11.5. The van der Waals surface area contributed by atoms with Gasteiger partial charge in [0.05, 0.1) is 24.3 Å². The second kappa shape index (κ2) is 4.13. The maximum absolute atomic E-state index is 11.5. The maximum Gasteiger partial charge on any atom is 0.252 e. The highest BCUT2D eigenvalue weighted by molar-refractivity contribution is 6.30. The van der Waals surface area contributed by atoms with E-state index in [-0.39, 0.29) is 11.6 Å². The van der Waals surface area contributed by atoms with Crippen LogP contribution in [0.4, 0.5) is 0 Å². The highest BCUT2D eigenvalue weighted by Crippen LogP contribution is 2.14. The number of H-pyrrole nitrogens is 1. The van der Waals surface area contributed by atoms with E-state index < -0.39 is 0 Å². The van der Waals surface area contributed by atoms with Gasteiger partial charge in [0.25, 0.3) is 5.56 Å². The lowest BCUT2D eigenvalue weighted by atomic mass is 10.1. The van der Waals surface area contributed by atoms with Crippen molar-refractivity contribution in [1.82, 2.24) is 10.3 Å². The molecule has 2 N–H and O–H groups in total. The molecule has 1 aromatic heterocycles. The summed E-state index contributed by atoms with van der Waals surface area (Å²) in [6, 6.07) is 1.62. The lowest BCUT2D eigenvalue weighted by Gasteiger charge is -2.23. The Hall–Kier alpha value is -0.840. The highest BCUT2D eigenvalue weighted by Gasteiger charge is 2.18. The van der Waals surface area contributed by atoms with Crippen molar-refractivity contribution in [2.24, 2.45) is 0 Å². The zero-order valence-electron chi connectivity index (χ0n) is 7.55. The summed E-state index contributed by atoms with van der Waals surface area (Å²) in [5.74, 6) is 0. The van der Waals surface area contributed by atoms with Crippen molar-refractivity contribution in [2.75, 3.05) is 19.8 Å². The molecule has 1 atom stereocenters. The first-order valence-electron chi connectivity index (χ1n) is 4.46. The monoisotopic (exact) mass is 214 g/mol. The van der Waals surface area contributed by atoms with Gasteiger partial charge in [-0.05, 0) is 6.07 Å². The van der Waals surface area contributed by atoms with Crippen LogP contribution in [0.25, 0.3) is 0 Å². The van der Waals surface area contributed by atoms with Crippen LogP contribution in [0.1, 0.15) is 11.6 Å². The predicted molar refractivity (Wildman–Crippen MR) is 53.6 cm³/mol. The van der Waals surface area contributed by atoms with E-state index in [9.17, 15) is 4.79 Å². The van der Waals surface area contributed by atoms with Crippen LogP contribution in [0.15, 0.2) is 17.1 Å². The van der Waals surface area contributed by atoms with Gasteiger partial charge in [-0.2, -0.15) is 0 Å². The standard InChI is InChI=1S/C9H11ClN2O2/c10-6-3-7(9(13)12-4-6)8-5-14-2-1-11-8/h3-4,8,11H,1-2,5H2,(H,12,13)/t8-/m1/s1. The van der Waals surface area contributed by atoms with E-state index in [1.165, 1.54) is 6.20 Å². The average molecular weight is 215 g/mol. The van der Waals surface area contributed by atoms with Gasteiger partial charge in [0.15, 0.2) is 0 Å². The topological polar surface area (TPSA) is 54.1 Å². The lowest BCUT2D eigenvalue weighted by molar-refractivity contribution is 0.0764. The van der Waals surface area contributed by atoms with E-state index in [0.29, 0.717) is 23.8 Å². The summed E-state index contributed by atoms with van der Waals surface area (Å²) >= 11 is 5.80. The molecule has 76 valence electrons. The summed E-state index contributed by atoms with van der Waals surface area (Å²) in [7, 11) is 0. The summed E-state index contributed by atoms with van der Waals surface area (Å²) in [5.41, 5.74) is 0.523. The fraction of sp³-hybridized carbons (Fsp3) is 0.444. The minimum Gasteiger partial charge on any atom is -0.378 e. The first-order valence-corrected chi connectivity index (χ1v) is 4.84. The Bertz CT molecular complexity index is 371. The molecule has 14 heavy (non-hydrogen) atoms. The van der Waals surface area contributed by atoms with Gasteiger partial charge >= 0.3 is 0 Å². The van der Waals surface area contributed by atoms with Crippen LogP contribution in [-0.2, 0) is 4.74 Å². The van der Waals surface area contributed by atoms with Gasteiger partial charge < -0.3 is 15.0 Å². The van der Waals surface area contributed by atoms with E-state index >= 15 is 0 Å². The molecule has 1 aromatic rings. The number of aromatic amines is 1. The highest BCUT2D eigenvalue weighted by atomic mass is 35.5. The minimum absolute atomic E-state index is 0.0498. The summed E-state index contributed by atoms with van der Waals surface area (Å²) in [4.78, 5) is 14.0. The van der Waals surface area contributed by atoms with Crippen molar-refractivity contribution in [3.05, 3.63) is 33.2 Å². The summed E-state index contributed by atoms with van der Waals surface area (Å²) in [5, 5.41) is 3.73. The molecule has 1 saturated heterocycles. The number of halogens is 1. The number of pyridine rings is 1. The van der Waals surface area contributed by atoms with Gasteiger partial charge in [-0.3, -0.25) is 4.79 Å². The minimum atomic E-state index is -0.114. The molecule has 0 radical (unpaired) electrons. The second-order valence-electron chi connectivity index (χ2n) is 3.18. The van der Waals surface area contributed by atoms with E-state index in [4.69, 9.17) is 16.3 Å². The molecule has 0 amide bonds. The van der Waals surface area contributed by atoms with E-state index in [2.05, 4.69) is 10.3 Å². The Balaban J connectivity index is 2.29. The molecule has 1 aliphatic rings. The van der Waals surface area contributed by atoms with Crippen molar-refractivity contribution >= 4 is 11.6 Å². The SMILES string of the molecule is O=c1[nH]cc(Cl)cc1[C@H]1COCCN1. The molecule has 0 aromatic carbocycles. The number of rotatable bonds is 1. The molecule has 1 aliphatic heterocycles. The molecule has 0 bridgehead atoms.